The molecule has 1 aromatic carbocycles. The normalized spacial score (nSPS) is 20.3. The number of nitrogens with one attached hydrogen (secondary N) is 1. The van der Waals surface area contributed by atoms with Gasteiger partial charge in [0, 0.05) is 6.04 Å². The summed E-state index contributed by atoms with van der Waals surface area (Å²) in [5.41, 5.74) is 1.36. The minimum Gasteiger partial charge on any atom is -0.493 e. The first-order valence-corrected chi connectivity index (χ1v) is 6.22. The molecule has 0 aromatic heterocycles. The average molecular weight is 219 g/mol. The maximum atomic E-state index is 5.74. The van der Waals surface area contributed by atoms with E-state index in [2.05, 4.69) is 37.4 Å². The fourth-order valence-electron chi connectivity index (χ4n) is 2.05. The zero-order chi connectivity index (χ0) is 11.4. The molecule has 0 radical (unpaired) electrons. The second-order valence-electron chi connectivity index (χ2n) is 4.93. The van der Waals surface area contributed by atoms with Crippen LogP contribution in [0.4, 0.5) is 0 Å². The van der Waals surface area contributed by atoms with Gasteiger partial charge in [-0.1, -0.05) is 26.0 Å². The molecule has 2 heteroatoms. The van der Waals surface area contributed by atoms with E-state index in [9.17, 15) is 0 Å². The van der Waals surface area contributed by atoms with Crippen molar-refractivity contribution in [2.24, 2.45) is 5.92 Å². The van der Waals surface area contributed by atoms with Crippen LogP contribution >= 0.6 is 0 Å². The van der Waals surface area contributed by atoms with Crippen LogP contribution in [-0.2, 0) is 0 Å². The van der Waals surface area contributed by atoms with Crippen molar-refractivity contribution in [1.29, 1.82) is 0 Å². The van der Waals surface area contributed by atoms with Gasteiger partial charge in [-0.2, -0.15) is 0 Å². The smallest absolute Gasteiger partial charge is 0.119 e. The Kier molecular flexibility index (Phi) is 3.83. The highest BCUT2D eigenvalue weighted by Crippen LogP contribution is 2.25. The van der Waals surface area contributed by atoms with Crippen molar-refractivity contribution in [1.82, 2.24) is 5.32 Å². The summed E-state index contributed by atoms with van der Waals surface area (Å²) in [6.07, 6.45) is 2.52. The van der Waals surface area contributed by atoms with Gasteiger partial charge in [0.25, 0.3) is 0 Å². The van der Waals surface area contributed by atoms with E-state index in [-0.39, 0.29) is 0 Å². The fraction of sp³-hybridized carbons (Fsp3) is 0.571. The Labute approximate surface area is 98.0 Å². The SMILES string of the molecule is CC(C)COc1cccc([C@H]2CCCN2)c1. The molecule has 16 heavy (non-hydrogen) atoms. The van der Waals surface area contributed by atoms with Crippen LogP contribution in [0.2, 0.25) is 0 Å². The molecule has 0 amide bonds. The van der Waals surface area contributed by atoms with E-state index in [4.69, 9.17) is 4.74 Å². The molecule has 1 atom stereocenters. The van der Waals surface area contributed by atoms with Crippen LogP contribution in [0.25, 0.3) is 0 Å². The van der Waals surface area contributed by atoms with Crippen LogP contribution < -0.4 is 10.1 Å². The van der Waals surface area contributed by atoms with E-state index < -0.39 is 0 Å². The van der Waals surface area contributed by atoms with Crippen LogP contribution in [-0.4, -0.2) is 13.2 Å². The maximum Gasteiger partial charge on any atom is 0.119 e. The highest BCUT2D eigenvalue weighted by molar-refractivity contribution is 5.31. The van der Waals surface area contributed by atoms with E-state index in [0.29, 0.717) is 12.0 Å². The molecule has 1 fully saturated rings. The lowest BCUT2D eigenvalue weighted by Crippen LogP contribution is -2.13. The van der Waals surface area contributed by atoms with Crippen molar-refractivity contribution in [3.05, 3.63) is 29.8 Å². The van der Waals surface area contributed by atoms with Gasteiger partial charge in [0.2, 0.25) is 0 Å². The first-order valence-electron chi connectivity index (χ1n) is 6.22. The van der Waals surface area contributed by atoms with Gasteiger partial charge in [-0.25, -0.2) is 0 Å². The number of rotatable bonds is 4. The van der Waals surface area contributed by atoms with Gasteiger partial charge in [0.15, 0.2) is 0 Å². The third kappa shape index (κ3) is 2.99. The van der Waals surface area contributed by atoms with E-state index in [1.165, 1.54) is 18.4 Å². The van der Waals surface area contributed by atoms with Gasteiger partial charge in [-0.05, 0) is 43.0 Å². The molecule has 1 saturated heterocycles. The number of ether oxygens (including phenoxy) is 1. The number of benzene rings is 1. The van der Waals surface area contributed by atoms with Crippen molar-refractivity contribution >= 4 is 0 Å². The molecule has 1 aliphatic heterocycles. The molecule has 1 aromatic rings. The minimum atomic E-state index is 0.530. The van der Waals surface area contributed by atoms with Crippen molar-refractivity contribution in [2.45, 2.75) is 32.7 Å². The predicted octanol–water partition coefficient (Wildman–Crippen LogP) is 3.15. The maximum absolute atomic E-state index is 5.74. The Bertz CT molecular complexity index is 329. The van der Waals surface area contributed by atoms with Gasteiger partial charge >= 0.3 is 0 Å². The molecule has 1 N–H and O–H groups in total. The summed E-state index contributed by atoms with van der Waals surface area (Å²) in [6.45, 7) is 6.27. The first kappa shape index (κ1) is 11.5. The summed E-state index contributed by atoms with van der Waals surface area (Å²) < 4.78 is 5.74. The lowest BCUT2D eigenvalue weighted by Gasteiger charge is -2.13. The number of hydrogen-bond donors (Lipinski definition) is 1. The molecule has 88 valence electrons. The lowest BCUT2D eigenvalue weighted by atomic mass is 10.1. The van der Waals surface area contributed by atoms with Crippen molar-refractivity contribution in [3.63, 3.8) is 0 Å². The summed E-state index contributed by atoms with van der Waals surface area (Å²) in [5.74, 6) is 1.58. The summed E-state index contributed by atoms with van der Waals surface area (Å²) in [6, 6.07) is 9.02. The Hall–Kier alpha value is -1.02. The summed E-state index contributed by atoms with van der Waals surface area (Å²) in [4.78, 5) is 0. The average Bonchev–Trinajstić information content (AvgIpc) is 2.80. The predicted molar refractivity (Wildman–Crippen MR) is 66.8 cm³/mol. The van der Waals surface area contributed by atoms with E-state index >= 15 is 0 Å². The van der Waals surface area contributed by atoms with E-state index in [0.717, 1.165) is 18.9 Å². The Morgan fingerprint density at radius 2 is 2.31 bits per heavy atom. The second kappa shape index (κ2) is 5.35. The summed E-state index contributed by atoms with van der Waals surface area (Å²) in [5, 5.41) is 3.51. The van der Waals surface area contributed by atoms with Crippen molar-refractivity contribution < 1.29 is 4.74 Å². The van der Waals surface area contributed by atoms with E-state index in [1.54, 1.807) is 0 Å². The van der Waals surface area contributed by atoms with Gasteiger partial charge in [-0.15, -0.1) is 0 Å². The zero-order valence-electron chi connectivity index (χ0n) is 10.2. The standard InChI is InChI=1S/C14H21NO/c1-11(2)10-16-13-6-3-5-12(9-13)14-7-4-8-15-14/h3,5-6,9,11,14-15H,4,7-8,10H2,1-2H3/t14-/m1/s1. The summed E-state index contributed by atoms with van der Waals surface area (Å²) >= 11 is 0. The molecule has 1 heterocycles. The fourth-order valence-corrected chi connectivity index (χ4v) is 2.05. The van der Waals surface area contributed by atoms with E-state index in [1.807, 2.05) is 6.07 Å². The van der Waals surface area contributed by atoms with Gasteiger partial charge in [0.1, 0.15) is 5.75 Å². The molecule has 2 rings (SSSR count). The summed E-state index contributed by atoms with van der Waals surface area (Å²) in [7, 11) is 0. The van der Waals surface area contributed by atoms with Gasteiger partial charge in [0.05, 0.1) is 6.61 Å². The third-order valence-electron chi connectivity index (χ3n) is 2.90. The second-order valence-corrected chi connectivity index (χ2v) is 4.93. The zero-order valence-corrected chi connectivity index (χ0v) is 10.2. The Morgan fingerprint density at radius 1 is 1.44 bits per heavy atom. The molecule has 0 saturated carbocycles. The molecular weight excluding hydrogens is 198 g/mol. The molecule has 2 nitrogen and oxygen atoms in total. The van der Waals surface area contributed by atoms with Gasteiger partial charge < -0.3 is 10.1 Å². The van der Waals surface area contributed by atoms with Crippen LogP contribution in [0.5, 0.6) is 5.75 Å². The number of hydrogen-bond acceptors (Lipinski definition) is 2. The Balaban J connectivity index is 2.01. The van der Waals surface area contributed by atoms with Crippen LogP contribution in [0.15, 0.2) is 24.3 Å². The Morgan fingerprint density at radius 3 is 3.00 bits per heavy atom. The lowest BCUT2D eigenvalue weighted by molar-refractivity contribution is 0.270. The monoisotopic (exact) mass is 219 g/mol. The molecular formula is C14H21NO. The van der Waals surface area contributed by atoms with Crippen molar-refractivity contribution in [2.75, 3.05) is 13.2 Å². The first-order chi connectivity index (χ1) is 7.75. The molecule has 1 aliphatic rings. The highest BCUT2D eigenvalue weighted by atomic mass is 16.5. The minimum absolute atomic E-state index is 0.530. The van der Waals surface area contributed by atoms with Crippen LogP contribution in [0, 0.1) is 5.92 Å². The molecule has 0 unspecified atom stereocenters. The van der Waals surface area contributed by atoms with Crippen LogP contribution in [0.3, 0.4) is 0 Å². The van der Waals surface area contributed by atoms with Gasteiger partial charge in [-0.3, -0.25) is 0 Å². The molecule has 0 bridgehead atoms. The molecule has 0 aliphatic carbocycles. The highest BCUT2D eigenvalue weighted by Gasteiger charge is 2.16. The quantitative estimate of drug-likeness (QED) is 0.840. The van der Waals surface area contributed by atoms with Crippen molar-refractivity contribution in [3.8, 4) is 5.75 Å². The third-order valence-corrected chi connectivity index (χ3v) is 2.90. The molecule has 0 spiro atoms. The largest absolute Gasteiger partial charge is 0.493 e. The topological polar surface area (TPSA) is 21.3 Å². The van der Waals surface area contributed by atoms with Crippen LogP contribution in [0.1, 0.15) is 38.3 Å².